The summed E-state index contributed by atoms with van der Waals surface area (Å²) < 4.78 is 62.3. The van der Waals surface area contributed by atoms with E-state index in [-0.39, 0.29) is 39.2 Å². The summed E-state index contributed by atoms with van der Waals surface area (Å²) in [4.78, 5) is 4.11. The number of benzene rings is 2. The number of H-pyrrole nitrogens is 1. The van der Waals surface area contributed by atoms with Gasteiger partial charge in [0.1, 0.15) is 16.7 Å². The second-order valence-electron chi connectivity index (χ2n) is 7.30. The molecule has 6 N–H and O–H groups in total. The highest BCUT2D eigenvalue weighted by Gasteiger charge is 2.36. The zero-order chi connectivity index (χ0) is 23.8. The lowest BCUT2D eigenvalue weighted by atomic mass is 9.98. The highest BCUT2D eigenvalue weighted by atomic mass is 35.5. The maximum absolute atomic E-state index is 14.1. The molecule has 1 aliphatic rings. The van der Waals surface area contributed by atoms with Crippen molar-refractivity contribution >= 4 is 40.2 Å². The molecular formula is C20H22ClF3N6O3S. The van der Waals surface area contributed by atoms with E-state index < -0.39 is 22.7 Å². The van der Waals surface area contributed by atoms with Gasteiger partial charge in [0.25, 0.3) is 0 Å². The highest BCUT2D eigenvalue weighted by molar-refractivity contribution is 7.82. The van der Waals surface area contributed by atoms with Crippen molar-refractivity contribution < 1.29 is 27.6 Å². The van der Waals surface area contributed by atoms with Gasteiger partial charge in [0.05, 0.1) is 22.6 Å². The quantitative estimate of drug-likeness (QED) is 0.453. The average molecular weight is 519 g/mol. The second kappa shape index (κ2) is 10.2. The van der Waals surface area contributed by atoms with E-state index in [1.165, 1.54) is 31.4 Å². The number of anilines is 3. The minimum atomic E-state index is -4.72. The van der Waals surface area contributed by atoms with Crippen molar-refractivity contribution in [3.05, 3.63) is 40.9 Å². The molecule has 34 heavy (non-hydrogen) atoms. The van der Waals surface area contributed by atoms with Crippen LogP contribution in [0.1, 0.15) is 18.4 Å². The minimum Gasteiger partial charge on any atom is -0.495 e. The fourth-order valence-electron chi connectivity index (χ4n) is 3.62. The molecule has 1 saturated heterocycles. The van der Waals surface area contributed by atoms with Gasteiger partial charge >= 0.3 is 6.18 Å². The van der Waals surface area contributed by atoms with Crippen LogP contribution in [0.4, 0.5) is 30.8 Å². The van der Waals surface area contributed by atoms with E-state index in [9.17, 15) is 17.4 Å². The maximum Gasteiger partial charge on any atom is 0.417 e. The van der Waals surface area contributed by atoms with Gasteiger partial charge in [-0.15, -0.1) is 5.10 Å². The molecule has 3 aromatic rings. The molecule has 0 saturated carbocycles. The Labute approximate surface area is 200 Å². The first-order valence-electron chi connectivity index (χ1n) is 9.88. The van der Waals surface area contributed by atoms with Crippen molar-refractivity contribution in [3.63, 3.8) is 0 Å². The molecule has 0 radical (unpaired) electrons. The Morgan fingerprint density at radius 2 is 1.94 bits per heavy atom. The van der Waals surface area contributed by atoms with E-state index in [2.05, 4.69) is 20.5 Å². The van der Waals surface area contributed by atoms with Crippen LogP contribution in [0.25, 0.3) is 11.1 Å². The summed E-state index contributed by atoms with van der Waals surface area (Å²) in [5, 5.41) is 8.64. The number of halogens is 4. The number of methoxy groups -OCH3 is 1. The van der Waals surface area contributed by atoms with Gasteiger partial charge in [0.15, 0.2) is 0 Å². The van der Waals surface area contributed by atoms with Gasteiger partial charge in [0.2, 0.25) is 11.9 Å². The largest absolute Gasteiger partial charge is 0.495 e. The second-order valence-corrected chi connectivity index (χ2v) is 9.16. The van der Waals surface area contributed by atoms with E-state index in [1.807, 2.05) is 0 Å². The Balaban J connectivity index is 0.00000324. The predicted octanol–water partition coefficient (Wildman–Crippen LogP) is 3.77. The average Bonchev–Trinajstić information content (AvgIpc) is 3.44. The smallest absolute Gasteiger partial charge is 0.417 e. The SMILES string of the molecule is COc1ccc(-c2c(Cl)cc(Nc3n[nH]c(N)n3)cc2C(F)(F)F)cc1S(=O)N1CCCC1.O. The van der Waals surface area contributed by atoms with E-state index in [0.29, 0.717) is 23.7 Å². The van der Waals surface area contributed by atoms with Crippen LogP contribution < -0.4 is 15.8 Å². The Bertz CT molecular complexity index is 1200. The zero-order valence-corrected chi connectivity index (χ0v) is 19.4. The first-order chi connectivity index (χ1) is 15.7. The number of nitrogens with zero attached hydrogens (tertiary/aromatic N) is 3. The summed E-state index contributed by atoms with van der Waals surface area (Å²) in [6.07, 6.45) is -2.91. The molecule has 9 nitrogen and oxygen atoms in total. The molecule has 14 heteroatoms. The molecule has 184 valence electrons. The number of nitrogens with two attached hydrogens (primary N) is 1. The van der Waals surface area contributed by atoms with Crippen LogP contribution in [-0.4, -0.2) is 49.4 Å². The fourth-order valence-corrected chi connectivity index (χ4v) is 5.36. The first kappa shape index (κ1) is 25.7. The van der Waals surface area contributed by atoms with Crippen molar-refractivity contribution in [3.8, 4) is 16.9 Å². The van der Waals surface area contributed by atoms with Gasteiger partial charge in [-0.25, -0.2) is 13.6 Å². The first-order valence-corrected chi connectivity index (χ1v) is 11.4. The molecular weight excluding hydrogens is 497 g/mol. The molecule has 1 atom stereocenters. The summed E-state index contributed by atoms with van der Waals surface area (Å²) in [7, 11) is -0.157. The Morgan fingerprint density at radius 3 is 2.53 bits per heavy atom. The van der Waals surface area contributed by atoms with E-state index in [1.54, 1.807) is 4.31 Å². The van der Waals surface area contributed by atoms with E-state index in [4.69, 9.17) is 22.1 Å². The summed E-state index contributed by atoms with van der Waals surface area (Å²) in [6.45, 7) is 1.28. The van der Waals surface area contributed by atoms with Gasteiger partial charge in [-0.2, -0.15) is 18.2 Å². The third kappa shape index (κ3) is 5.27. The standard InChI is InChI=1S/C20H20ClF3N6O2S.H2O/c1-32-15-5-4-11(8-16(15)33(31)30-6-2-3-7-30)17-13(20(22,23)24)9-12(10-14(17)21)26-19-27-18(25)28-29-19;/h4-5,8-10H,2-3,6-7H2,1H3,(H4,25,26,27,28,29);1H2. The van der Waals surface area contributed by atoms with Crippen LogP contribution in [0.3, 0.4) is 0 Å². The van der Waals surface area contributed by atoms with Gasteiger partial charge in [-0.05, 0) is 42.7 Å². The zero-order valence-electron chi connectivity index (χ0n) is 17.9. The number of aromatic amines is 1. The van der Waals surface area contributed by atoms with Crippen molar-refractivity contribution in [2.75, 3.05) is 31.2 Å². The van der Waals surface area contributed by atoms with Gasteiger partial charge in [-0.1, -0.05) is 17.7 Å². The van der Waals surface area contributed by atoms with Crippen LogP contribution >= 0.6 is 11.6 Å². The number of alkyl halides is 3. The van der Waals surface area contributed by atoms with Crippen LogP contribution in [-0.2, 0) is 17.2 Å². The highest BCUT2D eigenvalue weighted by Crippen LogP contribution is 2.44. The molecule has 1 unspecified atom stereocenters. The summed E-state index contributed by atoms with van der Waals surface area (Å²) in [6, 6.07) is 6.64. The number of rotatable bonds is 6. The van der Waals surface area contributed by atoms with Crippen molar-refractivity contribution in [2.45, 2.75) is 23.9 Å². The van der Waals surface area contributed by atoms with Gasteiger partial charge in [-0.3, -0.25) is 0 Å². The molecule has 1 aromatic heterocycles. The molecule has 0 bridgehead atoms. The van der Waals surface area contributed by atoms with Gasteiger partial charge < -0.3 is 21.3 Å². The van der Waals surface area contributed by atoms with Crippen molar-refractivity contribution in [1.29, 1.82) is 0 Å². The van der Waals surface area contributed by atoms with E-state index in [0.717, 1.165) is 18.9 Å². The Kier molecular flexibility index (Phi) is 7.70. The number of nitrogen functional groups attached to an aromatic ring is 1. The topological polar surface area (TPSA) is 141 Å². The number of ether oxygens (including phenoxy) is 1. The van der Waals surface area contributed by atoms with Crippen molar-refractivity contribution in [2.24, 2.45) is 0 Å². The monoisotopic (exact) mass is 518 g/mol. The number of hydrogen-bond donors (Lipinski definition) is 3. The lowest BCUT2D eigenvalue weighted by Gasteiger charge is -2.20. The molecule has 4 rings (SSSR count). The number of hydrogen-bond acceptors (Lipinski definition) is 6. The van der Waals surface area contributed by atoms with E-state index >= 15 is 0 Å². The fraction of sp³-hybridized carbons (Fsp3) is 0.300. The molecule has 1 aliphatic heterocycles. The molecule has 0 spiro atoms. The Morgan fingerprint density at radius 1 is 1.24 bits per heavy atom. The summed E-state index contributed by atoms with van der Waals surface area (Å²) >= 11 is 6.35. The molecule has 1 fully saturated rings. The number of aromatic nitrogens is 3. The molecule has 0 amide bonds. The lowest BCUT2D eigenvalue weighted by molar-refractivity contribution is -0.137. The number of nitrogens with one attached hydrogen (secondary N) is 2. The minimum absolute atomic E-state index is 0. The predicted molar refractivity (Wildman–Crippen MR) is 123 cm³/mol. The van der Waals surface area contributed by atoms with Crippen LogP contribution in [0.2, 0.25) is 5.02 Å². The summed E-state index contributed by atoms with van der Waals surface area (Å²) in [5.41, 5.74) is 4.46. The van der Waals surface area contributed by atoms with Crippen LogP contribution in [0.5, 0.6) is 5.75 Å². The third-order valence-corrected chi connectivity index (χ3v) is 6.92. The summed E-state index contributed by atoms with van der Waals surface area (Å²) in [5.74, 6) is 0.333. The van der Waals surface area contributed by atoms with Crippen LogP contribution in [0, 0.1) is 0 Å². The van der Waals surface area contributed by atoms with Crippen LogP contribution in [0.15, 0.2) is 35.2 Å². The Hall–Kier alpha value is -2.87. The molecule has 2 aromatic carbocycles. The third-order valence-electron chi connectivity index (χ3n) is 5.09. The lowest BCUT2D eigenvalue weighted by Crippen LogP contribution is -2.22. The maximum atomic E-state index is 14.1. The molecule has 2 heterocycles. The van der Waals surface area contributed by atoms with Gasteiger partial charge in [0, 0.05) is 24.3 Å². The normalized spacial score (nSPS) is 15.1. The van der Waals surface area contributed by atoms with Crippen molar-refractivity contribution in [1.82, 2.24) is 19.5 Å². The molecule has 0 aliphatic carbocycles.